The third-order valence-corrected chi connectivity index (χ3v) is 6.80. The molecule has 0 fully saturated rings. The molecule has 4 aromatic rings. The fraction of sp³-hybridized carbons (Fsp3) is 0.192. The molecule has 0 aliphatic rings. The smallest absolute Gasteiger partial charge is 0.252 e. The first-order chi connectivity index (χ1) is 16.0. The van der Waals surface area contributed by atoms with E-state index in [1.165, 1.54) is 16.7 Å². The highest BCUT2D eigenvalue weighted by molar-refractivity contribution is 7.98. The summed E-state index contributed by atoms with van der Waals surface area (Å²) in [6, 6.07) is 21.1. The van der Waals surface area contributed by atoms with Gasteiger partial charge in [-0.2, -0.15) is 11.8 Å². The van der Waals surface area contributed by atoms with Crippen LogP contribution in [0.25, 0.3) is 22.0 Å². The van der Waals surface area contributed by atoms with Crippen LogP contribution in [0, 0.1) is 6.92 Å². The summed E-state index contributed by atoms with van der Waals surface area (Å²) >= 11 is 3.01. The van der Waals surface area contributed by atoms with Crippen molar-refractivity contribution >= 4 is 50.8 Å². The number of fused-ring (bicyclic) bond motifs is 1. The molecule has 0 radical (unpaired) electrons. The lowest BCUT2D eigenvalue weighted by Crippen LogP contribution is -2.44. The van der Waals surface area contributed by atoms with E-state index >= 15 is 0 Å². The summed E-state index contributed by atoms with van der Waals surface area (Å²) in [5.41, 5.74) is 3.26. The highest BCUT2D eigenvalue weighted by atomic mass is 32.2. The van der Waals surface area contributed by atoms with Gasteiger partial charge >= 0.3 is 0 Å². The number of aryl methyl sites for hydroxylation is 1. The van der Waals surface area contributed by atoms with E-state index < -0.39 is 6.04 Å². The van der Waals surface area contributed by atoms with Crippen LogP contribution in [0.5, 0.6) is 0 Å². The number of hydrogen-bond acceptors (Lipinski definition) is 5. The lowest BCUT2D eigenvalue weighted by atomic mass is 10.1. The van der Waals surface area contributed by atoms with E-state index in [1.54, 1.807) is 17.8 Å². The first-order valence-electron chi connectivity index (χ1n) is 10.7. The monoisotopic (exact) mass is 475 g/mol. The maximum absolute atomic E-state index is 13.0. The molecule has 0 saturated carbocycles. The highest BCUT2D eigenvalue weighted by Gasteiger charge is 2.23. The summed E-state index contributed by atoms with van der Waals surface area (Å²) in [5.74, 6) is 0.252. The summed E-state index contributed by atoms with van der Waals surface area (Å²) in [6.45, 7) is 1.88. The van der Waals surface area contributed by atoms with Gasteiger partial charge in [0, 0.05) is 16.5 Å². The van der Waals surface area contributed by atoms with Gasteiger partial charge in [0.2, 0.25) is 5.91 Å². The predicted octanol–water partition coefficient (Wildman–Crippen LogP) is 5.76. The Morgan fingerprint density at radius 2 is 1.79 bits per heavy atom. The van der Waals surface area contributed by atoms with Crippen LogP contribution in [0.2, 0.25) is 0 Å². The second-order valence-electron chi connectivity index (χ2n) is 7.71. The lowest BCUT2D eigenvalue weighted by molar-refractivity contribution is -0.118. The molecule has 1 aromatic heterocycles. The Balaban J connectivity index is 1.48. The summed E-state index contributed by atoms with van der Waals surface area (Å²) in [4.78, 5) is 30.4. The Bertz CT molecular complexity index is 1290. The van der Waals surface area contributed by atoms with E-state index in [0.717, 1.165) is 28.0 Å². The first-order valence-corrected chi connectivity index (χ1v) is 12.9. The number of carbonyl (C=O) groups excluding carboxylic acids is 2. The van der Waals surface area contributed by atoms with Gasteiger partial charge in [0.15, 0.2) is 5.13 Å². The van der Waals surface area contributed by atoms with E-state index in [4.69, 9.17) is 0 Å². The number of hydrogen-bond donors (Lipinski definition) is 2. The minimum Gasteiger partial charge on any atom is -0.340 e. The van der Waals surface area contributed by atoms with Gasteiger partial charge in [-0.3, -0.25) is 9.59 Å². The van der Waals surface area contributed by atoms with E-state index in [9.17, 15) is 9.59 Å². The maximum Gasteiger partial charge on any atom is 0.252 e. The Morgan fingerprint density at radius 3 is 2.58 bits per heavy atom. The zero-order chi connectivity index (χ0) is 23.2. The van der Waals surface area contributed by atoms with Gasteiger partial charge in [0.05, 0.1) is 5.69 Å². The van der Waals surface area contributed by atoms with Crippen LogP contribution in [-0.4, -0.2) is 34.8 Å². The molecule has 2 N–H and O–H groups in total. The van der Waals surface area contributed by atoms with Crippen LogP contribution in [0.1, 0.15) is 22.3 Å². The summed E-state index contributed by atoms with van der Waals surface area (Å²) in [5, 5.41) is 10.6. The summed E-state index contributed by atoms with van der Waals surface area (Å²) in [7, 11) is 0. The number of benzene rings is 3. The fourth-order valence-electron chi connectivity index (χ4n) is 3.57. The van der Waals surface area contributed by atoms with Gasteiger partial charge in [0.1, 0.15) is 6.04 Å². The second-order valence-corrected chi connectivity index (χ2v) is 9.56. The van der Waals surface area contributed by atoms with Crippen LogP contribution in [-0.2, 0) is 4.79 Å². The van der Waals surface area contributed by atoms with Gasteiger partial charge in [-0.15, -0.1) is 11.3 Å². The zero-order valence-corrected chi connectivity index (χ0v) is 20.1. The average Bonchev–Trinajstić information content (AvgIpc) is 3.30. The number of carbonyl (C=O) groups is 2. The van der Waals surface area contributed by atoms with E-state index in [0.29, 0.717) is 17.1 Å². The normalized spacial score (nSPS) is 11.8. The molecule has 0 unspecified atom stereocenters. The molecule has 0 aliphatic heterocycles. The quantitative estimate of drug-likeness (QED) is 0.340. The Labute approximate surface area is 201 Å². The number of nitrogens with zero attached hydrogens (tertiary/aromatic N) is 1. The van der Waals surface area contributed by atoms with Gasteiger partial charge in [-0.05, 0) is 53.8 Å². The topological polar surface area (TPSA) is 71.1 Å². The molecule has 0 aliphatic carbocycles. The van der Waals surface area contributed by atoms with E-state index in [-0.39, 0.29) is 11.8 Å². The molecular formula is C26H25N3O2S2. The summed E-state index contributed by atoms with van der Waals surface area (Å²) < 4.78 is 0. The van der Waals surface area contributed by atoms with Crippen LogP contribution in [0.15, 0.2) is 72.1 Å². The lowest BCUT2D eigenvalue weighted by Gasteiger charge is -2.18. The molecule has 168 valence electrons. The number of anilines is 1. The number of nitrogens with one attached hydrogen (secondary N) is 2. The molecule has 0 spiro atoms. The number of aromatic nitrogens is 1. The fourth-order valence-corrected chi connectivity index (χ4v) is 4.77. The van der Waals surface area contributed by atoms with Gasteiger partial charge in [-0.25, -0.2) is 4.98 Å². The van der Waals surface area contributed by atoms with Crippen molar-refractivity contribution in [3.8, 4) is 11.3 Å². The van der Waals surface area contributed by atoms with Crippen LogP contribution in [0.3, 0.4) is 0 Å². The molecule has 0 saturated heterocycles. The number of amides is 2. The Kier molecular flexibility index (Phi) is 7.42. The van der Waals surface area contributed by atoms with Gasteiger partial charge in [-0.1, -0.05) is 54.6 Å². The third kappa shape index (κ3) is 5.61. The number of thioether (sulfide) groups is 1. The molecule has 4 rings (SSSR count). The molecule has 33 heavy (non-hydrogen) atoms. The van der Waals surface area contributed by atoms with Crippen molar-refractivity contribution in [2.24, 2.45) is 0 Å². The molecule has 2 amide bonds. The van der Waals surface area contributed by atoms with Crippen LogP contribution >= 0.6 is 23.1 Å². The molecule has 0 bridgehead atoms. The van der Waals surface area contributed by atoms with E-state index in [1.807, 2.05) is 55.0 Å². The number of rotatable bonds is 8. The number of thiazole rings is 1. The van der Waals surface area contributed by atoms with Crippen LogP contribution < -0.4 is 10.6 Å². The van der Waals surface area contributed by atoms with Crippen molar-refractivity contribution in [3.63, 3.8) is 0 Å². The zero-order valence-electron chi connectivity index (χ0n) is 18.5. The first kappa shape index (κ1) is 23.0. The van der Waals surface area contributed by atoms with E-state index in [2.05, 4.69) is 39.9 Å². The van der Waals surface area contributed by atoms with Crippen LogP contribution in [0.4, 0.5) is 5.13 Å². The van der Waals surface area contributed by atoms with Crippen molar-refractivity contribution in [3.05, 3.63) is 83.2 Å². The third-order valence-electron chi connectivity index (χ3n) is 5.40. The Morgan fingerprint density at radius 1 is 1.03 bits per heavy atom. The maximum atomic E-state index is 13.0. The molecule has 1 atom stereocenters. The molecule has 3 aromatic carbocycles. The Hall–Kier alpha value is -3.16. The molecule has 1 heterocycles. The van der Waals surface area contributed by atoms with Crippen molar-refractivity contribution in [1.82, 2.24) is 10.3 Å². The van der Waals surface area contributed by atoms with Crippen molar-refractivity contribution in [2.45, 2.75) is 19.4 Å². The molecular weight excluding hydrogens is 450 g/mol. The van der Waals surface area contributed by atoms with Crippen molar-refractivity contribution in [2.75, 3.05) is 17.3 Å². The standard InChI is InChI=1S/C26H25N3O2S2/c1-17-7-3-6-10-21(17)24(30)27-22(13-14-32-2)25(31)29-26-28-23(16-33-26)20-12-11-18-8-4-5-9-19(18)15-20/h3-12,15-16,22H,13-14H2,1-2H3,(H,27,30)(H,28,29,31)/t22-/m0/s1. The predicted molar refractivity (Wildman–Crippen MR) is 139 cm³/mol. The summed E-state index contributed by atoms with van der Waals surface area (Å²) in [6.07, 6.45) is 2.52. The average molecular weight is 476 g/mol. The van der Waals surface area contributed by atoms with Crippen molar-refractivity contribution in [1.29, 1.82) is 0 Å². The SMILES string of the molecule is CSCC[C@H](NC(=O)c1ccccc1C)C(=O)Nc1nc(-c2ccc3ccccc3c2)cs1. The van der Waals surface area contributed by atoms with Gasteiger partial charge < -0.3 is 10.6 Å². The van der Waals surface area contributed by atoms with Crippen molar-refractivity contribution < 1.29 is 9.59 Å². The largest absolute Gasteiger partial charge is 0.340 e. The minimum absolute atomic E-state index is 0.245. The molecule has 7 heteroatoms. The minimum atomic E-state index is -0.641. The second kappa shape index (κ2) is 10.6. The highest BCUT2D eigenvalue weighted by Crippen LogP contribution is 2.28. The molecule has 5 nitrogen and oxygen atoms in total. The van der Waals surface area contributed by atoms with Gasteiger partial charge in [0.25, 0.3) is 5.91 Å².